The molecule has 0 heterocycles. The summed E-state index contributed by atoms with van der Waals surface area (Å²) in [5.74, 6) is -1.32. The highest BCUT2D eigenvalue weighted by Gasteiger charge is 2.13. The van der Waals surface area contributed by atoms with E-state index >= 15 is 0 Å². The van der Waals surface area contributed by atoms with Gasteiger partial charge in [-0.05, 0) is 13.8 Å². The first kappa shape index (κ1) is 15.7. The van der Waals surface area contributed by atoms with Gasteiger partial charge < -0.3 is 20.1 Å². The molecule has 0 aliphatic rings. The average molecular weight is 256 g/mol. The first-order valence-corrected chi connectivity index (χ1v) is 5.12. The Morgan fingerprint density at radius 1 is 0.944 bits per heavy atom. The highest BCUT2D eigenvalue weighted by Crippen LogP contribution is 1.91. The third kappa shape index (κ3) is 7.04. The van der Waals surface area contributed by atoms with E-state index in [0.29, 0.717) is 0 Å². The van der Waals surface area contributed by atoms with Gasteiger partial charge in [-0.1, -0.05) is 13.2 Å². The van der Waals surface area contributed by atoms with Crippen LogP contribution >= 0.6 is 0 Å². The largest absolute Gasteiger partial charge is 0.439 e. The number of esters is 2. The summed E-state index contributed by atoms with van der Waals surface area (Å²) in [6.45, 7) is 9.35. The molecule has 0 saturated carbocycles. The lowest BCUT2D eigenvalue weighted by atomic mass is 10.5. The third-order valence-corrected chi connectivity index (χ3v) is 1.59. The predicted octanol–water partition coefficient (Wildman–Crippen LogP) is 0.436. The summed E-state index contributed by atoms with van der Waals surface area (Å²) >= 11 is 0. The van der Waals surface area contributed by atoms with E-state index in [1.54, 1.807) is 0 Å². The smallest absolute Gasteiger partial charge is 0.332 e. The number of amides is 2. The Hall–Kier alpha value is -2.31. The van der Waals surface area contributed by atoms with Gasteiger partial charge in [0.1, 0.15) is 0 Å². The van der Waals surface area contributed by atoms with Crippen LogP contribution in [0, 0.1) is 0 Å². The summed E-state index contributed by atoms with van der Waals surface area (Å²) in [6, 6.07) is -0.649. The van der Waals surface area contributed by atoms with Crippen LogP contribution in [0.3, 0.4) is 0 Å². The molecule has 2 unspecified atom stereocenters. The molecular formula is C11H16N2O5. The molecule has 0 aromatic carbocycles. The second kappa shape index (κ2) is 7.88. The number of hydrogen-bond donors (Lipinski definition) is 2. The van der Waals surface area contributed by atoms with Crippen LogP contribution < -0.4 is 10.6 Å². The molecule has 2 atom stereocenters. The third-order valence-electron chi connectivity index (χ3n) is 1.59. The van der Waals surface area contributed by atoms with Crippen LogP contribution in [0.25, 0.3) is 0 Å². The molecule has 2 N–H and O–H groups in total. The van der Waals surface area contributed by atoms with E-state index in [1.807, 2.05) is 0 Å². The molecule has 0 rings (SSSR count). The van der Waals surface area contributed by atoms with Crippen molar-refractivity contribution in [3.8, 4) is 0 Å². The molecular weight excluding hydrogens is 240 g/mol. The van der Waals surface area contributed by atoms with E-state index in [9.17, 15) is 14.4 Å². The van der Waals surface area contributed by atoms with Gasteiger partial charge in [0, 0.05) is 12.2 Å². The van der Waals surface area contributed by atoms with E-state index in [1.165, 1.54) is 13.8 Å². The lowest BCUT2D eigenvalue weighted by molar-refractivity contribution is -0.143. The van der Waals surface area contributed by atoms with Gasteiger partial charge in [0.25, 0.3) is 0 Å². The molecule has 0 aromatic rings. The van der Waals surface area contributed by atoms with Crippen molar-refractivity contribution < 1.29 is 23.9 Å². The van der Waals surface area contributed by atoms with Crippen LogP contribution in [0.5, 0.6) is 0 Å². The van der Waals surface area contributed by atoms with Gasteiger partial charge in [0.15, 0.2) is 12.5 Å². The van der Waals surface area contributed by atoms with E-state index in [-0.39, 0.29) is 0 Å². The van der Waals surface area contributed by atoms with E-state index in [4.69, 9.17) is 9.47 Å². The second-order valence-electron chi connectivity index (χ2n) is 3.18. The van der Waals surface area contributed by atoms with Gasteiger partial charge in [-0.3, -0.25) is 0 Å². The lowest BCUT2D eigenvalue weighted by Crippen LogP contribution is -2.46. The van der Waals surface area contributed by atoms with Gasteiger partial charge >= 0.3 is 18.0 Å². The van der Waals surface area contributed by atoms with Gasteiger partial charge in [-0.2, -0.15) is 0 Å². The predicted molar refractivity (Wildman–Crippen MR) is 63.2 cm³/mol. The Kier molecular flexibility index (Phi) is 6.87. The minimum atomic E-state index is -0.835. The summed E-state index contributed by atoms with van der Waals surface area (Å²) in [7, 11) is 0. The SMILES string of the molecule is C=CC(=O)OC(C)NC(=O)NC(C)OC(=O)C=C. The molecule has 0 aliphatic heterocycles. The van der Waals surface area contributed by atoms with Crippen LogP contribution in [0.15, 0.2) is 25.3 Å². The van der Waals surface area contributed by atoms with E-state index in [2.05, 4.69) is 23.8 Å². The van der Waals surface area contributed by atoms with Crippen molar-refractivity contribution in [2.24, 2.45) is 0 Å². The maximum Gasteiger partial charge on any atom is 0.332 e. The van der Waals surface area contributed by atoms with Crippen molar-refractivity contribution >= 4 is 18.0 Å². The average Bonchev–Trinajstić information content (AvgIpc) is 2.27. The first-order chi connectivity index (χ1) is 8.38. The van der Waals surface area contributed by atoms with Crippen molar-refractivity contribution in [1.29, 1.82) is 0 Å². The van der Waals surface area contributed by atoms with Gasteiger partial charge in [0.05, 0.1) is 0 Å². The van der Waals surface area contributed by atoms with Crippen molar-refractivity contribution in [1.82, 2.24) is 10.6 Å². The number of urea groups is 1. The van der Waals surface area contributed by atoms with Crippen molar-refractivity contribution in [3.05, 3.63) is 25.3 Å². The van der Waals surface area contributed by atoms with Gasteiger partial charge in [0.2, 0.25) is 0 Å². The Labute approximate surface area is 105 Å². The zero-order chi connectivity index (χ0) is 14.1. The zero-order valence-corrected chi connectivity index (χ0v) is 10.3. The Morgan fingerprint density at radius 3 is 1.56 bits per heavy atom. The van der Waals surface area contributed by atoms with E-state index in [0.717, 1.165) is 12.2 Å². The maximum absolute atomic E-state index is 11.3. The molecule has 0 radical (unpaired) electrons. The van der Waals surface area contributed by atoms with Gasteiger partial charge in [-0.25, -0.2) is 14.4 Å². The molecule has 0 saturated heterocycles. The molecule has 7 heteroatoms. The number of nitrogens with one attached hydrogen (secondary N) is 2. The number of ether oxygens (including phenoxy) is 2. The highest BCUT2D eigenvalue weighted by atomic mass is 16.6. The lowest BCUT2D eigenvalue weighted by Gasteiger charge is -2.17. The quantitative estimate of drug-likeness (QED) is 0.408. The molecule has 2 amide bonds. The normalized spacial score (nSPS) is 12.6. The monoisotopic (exact) mass is 256 g/mol. The van der Waals surface area contributed by atoms with Crippen LogP contribution in [-0.2, 0) is 19.1 Å². The zero-order valence-electron chi connectivity index (χ0n) is 10.3. The maximum atomic E-state index is 11.3. The fourth-order valence-electron chi connectivity index (χ4n) is 0.915. The molecule has 0 aliphatic carbocycles. The Bertz CT molecular complexity index is 321. The Morgan fingerprint density at radius 2 is 1.28 bits per heavy atom. The fourth-order valence-corrected chi connectivity index (χ4v) is 0.915. The topological polar surface area (TPSA) is 93.7 Å². The molecule has 0 bridgehead atoms. The summed E-state index contributed by atoms with van der Waals surface area (Å²) in [4.78, 5) is 33.0. The summed E-state index contributed by atoms with van der Waals surface area (Å²) < 4.78 is 9.40. The minimum Gasteiger partial charge on any atom is -0.439 e. The molecule has 7 nitrogen and oxygen atoms in total. The first-order valence-electron chi connectivity index (χ1n) is 5.12. The summed E-state index contributed by atoms with van der Waals surface area (Å²) in [6.07, 6.45) is 0.283. The number of rotatable bonds is 6. The fraction of sp³-hybridized carbons (Fsp3) is 0.364. The molecule has 100 valence electrons. The Balaban J connectivity index is 4.02. The second-order valence-corrected chi connectivity index (χ2v) is 3.18. The van der Waals surface area contributed by atoms with Crippen molar-refractivity contribution in [2.45, 2.75) is 26.3 Å². The van der Waals surface area contributed by atoms with Crippen LogP contribution in [0.1, 0.15) is 13.8 Å². The summed E-state index contributed by atoms with van der Waals surface area (Å²) in [5.41, 5.74) is 0. The standard InChI is InChI=1S/C11H16N2O5/c1-5-9(14)17-7(3)12-11(16)13-8(4)18-10(15)6-2/h5-8H,1-2H2,3-4H3,(H2,12,13,16). The van der Waals surface area contributed by atoms with Crippen LogP contribution in [-0.4, -0.2) is 30.4 Å². The molecule has 0 aromatic heterocycles. The van der Waals surface area contributed by atoms with Crippen molar-refractivity contribution in [2.75, 3.05) is 0 Å². The molecule has 0 spiro atoms. The van der Waals surface area contributed by atoms with Crippen LogP contribution in [0.2, 0.25) is 0 Å². The number of hydrogen-bond acceptors (Lipinski definition) is 5. The van der Waals surface area contributed by atoms with Crippen LogP contribution in [0.4, 0.5) is 4.79 Å². The van der Waals surface area contributed by atoms with Gasteiger partial charge in [-0.15, -0.1) is 0 Å². The van der Waals surface area contributed by atoms with Crippen molar-refractivity contribution in [3.63, 3.8) is 0 Å². The highest BCUT2D eigenvalue weighted by molar-refractivity contribution is 5.82. The molecule has 18 heavy (non-hydrogen) atoms. The number of carbonyl (C=O) groups excluding carboxylic acids is 3. The minimum absolute atomic E-state index is 0.649. The molecule has 0 fully saturated rings. The van der Waals surface area contributed by atoms with E-state index < -0.39 is 30.4 Å². The summed E-state index contributed by atoms with van der Waals surface area (Å²) in [5, 5.41) is 4.62. The number of carbonyl (C=O) groups is 3.